The fourth-order valence-electron chi connectivity index (χ4n) is 1.76. The number of benzene rings is 1. The van der Waals surface area contributed by atoms with Gasteiger partial charge in [0.2, 0.25) is 0 Å². The Morgan fingerprint density at radius 2 is 1.82 bits per heavy atom. The van der Waals surface area contributed by atoms with E-state index in [1.807, 2.05) is 0 Å². The smallest absolute Gasteiger partial charge is 0.322 e. The lowest BCUT2D eigenvalue weighted by Gasteiger charge is -2.12. The molecule has 1 unspecified atom stereocenters. The molecule has 0 heterocycles. The first-order valence-corrected chi connectivity index (χ1v) is 7.07. The summed E-state index contributed by atoms with van der Waals surface area (Å²) in [6, 6.07) is 5.58. The summed E-state index contributed by atoms with van der Waals surface area (Å²) in [6.07, 6.45) is 1.31. The molecule has 17 heavy (non-hydrogen) atoms. The van der Waals surface area contributed by atoms with E-state index in [0.717, 1.165) is 0 Å². The van der Waals surface area contributed by atoms with Crippen LogP contribution in [0.4, 0.5) is 0 Å². The van der Waals surface area contributed by atoms with Crippen molar-refractivity contribution in [3.63, 3.8) is 0 Å². The van der Waals surface area contributed by atoms with Crippen molar-refractivity contribution in [2.45, 2.75) is 23.0 Å². The van der Waals surface area contributed by atoms with Gasteiger partial charge in [-0.1, -0.05) is 11.6 Å². The van der Waals surface area contributed by atoms with Crippen LogP contribution in [-0.2, 0) is 14.6 Å². The highest BCUT2D eigenvalue weighted by molar-refractivity contribution is 7.92. The number of carboxylic acids is 1. The molecule has 0 saturated heterocycles. The largest absolute Gasteiger partial charge is 0.480 e. The summed E-state index contributed by atoms with van der Waals surface area (Å²) in [6.45, 7) is 0. The van der Waals surface area contributed by atoms with E-state index in [1.54, 1.807) is 0 Å². The Hall–Kier alpha value is -1.07. The molecule has 2 rings (SSSR count). The van der Waals surface area contributed by atoms with Crippen LogP contribution in [0.5, 0.6) is 0 Å². The van der Waals surface area contributed by atoms with Gasteiger partial charge < -0.3 is 5.11 Å². The van der Waals surface area contributed by atoms with E-state index in [0.29, 0.717) is 17.9 Å². The standard InChI is InChI=1S/C11H11ClO4S/c12-8-3-5-9(6-4-8)17(15,16)10(11(13)14)7-1-2-7/h3-7,10H,1-2H2,(H,13,14). The Morgan fingerprint density at radius 3 is 2.24 bits per heavy atom. The second-order valence-electron chi connectivity index (χ2n) is 4.10. The molecule has 1 aliphatic carbocycles. The molecule has 1 atom stereocenters. The van der Waals surface area contributed by atoms with Crippen molar-refractivity contribution in [1.29, 1.82) is 0 Å². The number of aliphatic carboxylic acids is 1. The minimum Gasteiger partial charge on any atom is -0.480 e. The van der Waals surface area contributed by atoms with Crippen LogP contribution in [0.3, 0.4) is 0 Å². The number of carbonyl (C=O) groups is 1. The first-order valence-electron chi connectivity index (χ1n) is 5.15. The lowest BCUT2D eigenvalue weighted by atomic mass is 10.3. The quantitative estimate of drug-likeness (QED) is 0.911. The van der Waals surface area contributed by atoms with Gasteiger partial charge in [0.05, 0.1) is 4.90 Å². The predicted octanol–water partition coefficient (Wildman–Crippen LogP) is 1.98. The maximum absolute atomic E-state index is 12.1. The molecule has 6 heteroatoms. The van der Waals surface area contributed by atoms with Crippen molar-refractivity contribution < 1.29 is 18.3 Å². The summed E-state index contributed by atoms with van der Waals surface area (Å²) in [4.78, 5) is 11.1. The number of hydrogen-bond donors (Lipinski definition) is 1. The molecule has 4 nitrogen and oxygen atoms in total. The molecule has 1 aromatic carbocycles. The molecule has 0 aliphatic heterocycles. The Kier molecular flexibility index (Phi) is 3.14. The van der Waals surface area contributed by atoms with Gasteiger partial charge >= 0.3 is 5.97 Å². The third kappa shape index (κ3) is 2.45. The van der Waals surface area contributed by atoms with Crippen LogP contribution in [-0.4, -0.2) is 24.7 Å². The Balaban J connectivity index is 2.40. The number of rotatable bonds is 4. The summed E-state index contributed by atoms with van der Waals surface area (Å²) in [5.74, 6) is -1.53. The van der Waals surface area contributed by atoms with Crippen molar-refractivity contribution >= 4 is 27.4 Å². The average molecular weight is 275 g/mol. The molecule has 1 N–H and O–H groups in total. The molecule has 1 fully saturated rings. The second-order valence-corrected chi connectivity index (χ2v) is 6.60. The number of carboxylic acid groups (broad SMARTS) is 1. The average Bonchev–Trinajstić information content (AvgIpc) is 3.01. The van der Waals surface area contributed by atoms with Crippen molar-refractivity contribution in [3.05, 3.63) is 29.3 Å². The SMILES string of the molecule is O=C(O)C(C1CC1)S(=O)(=O)c1ccc(Cl)cc1. The van der Waals surface area contributed by atoms with Gasteiger partial charge in [-0.2, -0.15) is 0 Å². The van der Waals surface area contributed by atoms with E-state index < -0.39 is 21.1 Å². The normalized spacial score (nSPS) is 17.7. The third-order valence-corrected chi connectivity index (χ3v) is 5.21. The van der Waals surface area contributed by atoms with Crippen LogP contribution < -0.4 is 0 Å². The fourth-order valence-corrected chi connectivity index (χ4v) is 3.74. The van der Waals surface area contributed by atoms with Gasteiger partial charge in [0.25, 0.3) is 0 Å². The van der Waals surface area contributed by atoms with Gasteiger partial charge in [-0.3, -0.25) is 4.79 Å². The van der Waals surface area contributed by atoms with E-state index in [1.165, 1.54) is 24.3 Å². The van der Waals surface area contributed by atoms with Crippen LogP contribution in [0.2, 0.25) is 5.02 Å². The lowest BCUT2D eigenvalue weighted by molar-refractivity contribution is -0.136. The second kappa shape index (κ2) is 4.31. The van der Waals surface area contributed by atoms with Crippen LogP contribution in [0, 0.1) is 5.92 Å². The zero-order chi connectivity index (χ0) is 12.6. The van der Waals surface area contributed by atoms with Crippen LogP contribution >= 0.6 is 11.6 Å². The van der Waals surface area contributed by atoms with Crippen LogP contribution in [0.25, 0.3) is 0 Å². The monoisotopic (exact) mass is 274 g/mol. The summed E-state index contributed by atoms with van der Waals surface area (Å²) < 4.78 is 24.3. The molecule has 0 amide bonds. The third-order valence-electron chi connectivity index (χ3n) is 2.77. The predicted molar refractivity (Wildman–Crippen MR) is 62.8 cm³/mol. The first kappa shape index (κ1) is 12.4. The molecule has 0 aromatic heterocycles. The van der Waals surface area contributed by atoms with Crippen molar-refractivity contribution in [1.82, 2.24) is 0 Å². The van der Waals surface area contributed by atoms with Gasteiger partial charge in [-0.15, -0.1) is 0 Å². The van der Waals surface area contributed by atoms with Crippen LogP contribution in [0.1, 0.15) is 12.8 Å². The lowest BCUT2D eigenvalue weighted by Crippen LogP contribution is -2.32. The molecule has 1 aromatic rings. The van der Waals surface area contributed by atoms with Gasteiger partial charge in [-0.25, -0.2) is 8.42 Å². The zero-order valence-electron chi connectivity index (χ0n) is 8.84. The highest BCUT2D eigenvalue weighted by atomic mass is 35.5. The van der Waals surface area contributed by atoms with E-state index >= 15 is 0 Å². The molecule has 0 spiro atoms. The maximum Gasteiger partial charge on any atom is 0.322 e. The minimum atomic E-state index is -3.81. The maximum atomic E-state index is 12.1. The minimum absolute atomic E-state index is 0.0150. The van der Waals surface area contributed by atoms with E-state index in [2.05, 4.69) is 0 Å². The van der Waals surface area contributed by atoms with Gasteiger partial charge in [-0.05, 0) is 43.0 Å². The van der Waals surface area contributed by atoms with Crippen molar-refractivity contribution in [2.75, 3.05) is 0 Å². The van der Waals surface area contributed by atoms with Gasteiger partial charge in [0.1, 0.15) is 0 Å². The summed E-state index contributed by atoms with van der Waals surface area (Å²) >= 11 is 5.67. The first-order chi connectivity index (χ1) is 7.93. The molecule has 0 radical (unpaired) electrons. The Labute approximate surface area is 104 Å². The Bertz CT molecular complexity index is 531. The molecule has 1 aliphatic rings. The number of hydrogen-bond acceptors (Lipinski definition) is 3. The summed E-state index contributed by atoms with van der Waals surface area (Å²) in [7, 11) is -3.81. The van der Waals surface area contributed by atoms with Gasteiger partial charge in [0.15, 0.2) is 15.1 Å². The van der Waals surface area contributed by atoms with Gasteiger partial charge in [0, 0.05) is 5.02 Å². The van der Waals surface area contributed by atoms with E-state index in [-0.39, 0.29) is 10.8 Å². The zero-order valence-corrected chi connectivity index (χ0v) is 10.4. The fraction of sp³-hybridized carbons (Fsp3) is 0.364. The van der Waals surface area contributed by atoms with E-state index in [9.17, 15) is 13.2 Å². The molecular weight excluding hydrogens is 264 g/mol. The molecule has 0 bridgehead atoms. The Morgan fingerprint density at radius 1 is 1.29 bits per heavy atom. The molecular formula is C11H11ClO4S. The number of halogens is 1. The van der Waals surface area contributed by atoms with E-state index in [4.69, 9.17) is 16.7 Å². The van der Waals surface area contributed by atoms with Crippen LogP contribution in [0.15, 0.2) is 29.2 Å². The summed E-state index contributed by atoms with van der Waals surface area (Å²) in [5, 5.41) is 8.12. The molecule has 1 saturated carbocycles. The highest BCUT2D eigenvalue weighted by Crippen LogP contribution is 2.38. The number of sulfone groups is 1. The highest BCUT2D eigenvalue weighted by Gasteiger charge is 2.45. The summed E-state index contributed by atoms with van der Waals surface area (Å²) in [5.41, 5.74) is 0. The topological polar surface area (TPSA) is 71.4 Å². The molecule has 92 valence electrons. The van der Waals surface area contributed by atoms with Crippen molar-refractivity contribution in [2.24, 2.45) is 5.92 Å². The van der Waals surface area contributed by atoms with Crippen molar-refractivity contribution in [3.8, 4) is 0 Å².